The summed E-state index contributed by atoms with van der Waals surface area (Å²) in [7, 11) is -1.74. The number of nitrogens with one attached hydrogen (secondary N) is 3. The Labute approximate surface area is 167 Å². The summed E-state index contributed by atoms with van der Waals surface area (Å²) < 4.78 is 37.0. The Bertz CT molecular complexity index is 1030. The topological polar surface area (TPSA) is 162 Å². The van der Waals surface area contributed by atoms with E-state index in [0.29, 0.717) is 0 Å². The first-order chi connectivity index (χ1) is 13.7. The maximum absolute atomic E-state index is 12.7. The molecule has 156 valence electrons. The number of sulfonamides is 1. The van der Waals surface area contributed by atoms with Gasteiger partial charge in [0.15, 0.2) is 0 Å². The number of ether oxygens (including phenoxy) is 2. The molecule has 12 nitrogen and oxygen atoms in total. The summed E-state index contributed by atoms with van der Waals surface area (Å²) in [5.41, 5.74) is 0.0496. The van der Waals surface area contributed by atoms with Crippen LogP contribution in [0.2, 0.25) is 0 Å². The number of urea groups is 1. The lowest BCUT2D eigenvalue weighted by Gasteiger charge is -2.13. The summed E-state index contributed by atoms with van der Waals surface area (Å²) in [6.07, 6.45) is 0. The molecule has 3 N–H and O–H groups in total. The number of amides is 2. The Balaban J connectivity index is 2.30. The Morgan fingerprint density at radius 1 is 1.14 bits per heavy atom. The molecule has 0 bridgehead atoms. The number of rotatable bonds is 7. The molecule has 1 heterocycles. The van der Waals surface area contributed by atoms with Gasteiger partial charge in [0.05, 0.1) is 19.3 Å². The molecule has 2 amide bonds. The van der Waals surface area contributed by atoms with Gasteiger partial charge in [-0.2, -0.15) is 15.0 Å². The zero-order valence-electron chi connectivity index (χ0n) is 16.1. The molecule has 29 heavy (non-hydrogen) atoms. The quantitative estimate of drug-likeness (QED) is 0.545. The summed E-state index contributed by atoms with van der Waals surface area (Å²) in [5, 5.41) is 4.86. The van der Waals surface area contributed by atoms with Crippen LogP contribution in [0.4, 0.5) is 16.7 Å². The van der Waals surface area contributed by atoms with Crippen LogP contribution in [0.1, 0.15) is 22.8 Å². The highest BCUT2D eigenvalue weighted by Gasteiger charge is 2.27. The third kappa shape index (κ3) is 5.28. The normalized spacial score (nSPS) is 10.8. The largest absolute Gasteiger partial charge is 0.465 e. The molecular formula is C16H20N6O6S. The van der Waals surface area contributed by atoms with Gasteiger partial charge in [-0.15, -0.1) is 0 Å². The monoisotopic (exact) mass is 424 g/mol. The van der Waals surface area contributed by atoms with Gasteiger partial charge in [-0.25, -0.2) is 22.7 Å². The molecule has 0 aliphatic heterocycles. The van der Waals surface area contributed by atoms with E-state index in [1.54, 1.807) is 14.0 Å². The van der Waals surface area contributed by atoms with Gasteiger partial charge in [0.25, 0.3) is 10.0 Å². The van der Waals surface area contributed by atoms with Crippen LogP contribution >= 0.6 is 0 Å². The lowest BCUT2D eigenvalue weighted by molar-refractivity contribution is 0.0596. The molecule has 0 fully saturated rings. The van der Waals surface area contributed by atoms with Crippen molar-refractivity contribution in [2.45, 2.75) is 18.7 Å². The summed E-state index contributed by atoms with van der Waals surface area (Å²) in [4.78, 5) is 35.5. The highest BCUT2D eigenvalue weighted by molar-refractivity contribution is 7.90. The van der Waals surface area contributed by atoms with Crippen LogP contribution in [-0.4, -0.2) is 56.1 Å². The molecule has 0 atom stereocenters. The number of aromatic nitrogens is 3. The first-order valence-electron chi connectivity index (χ1n) is 8.30. The van der Waals surface area contributed by atoms with Crippen LogP contribution in [0.3, 0.4) is 0 Å². The van der Waals surface area contributed by atoms with Gasteiger partial charge < -0.3 is 14.8 Å². The molecule has 0 spiro atoms. The van der Waals surface area contributed by atoms with E-state index in [0.717, 1.165) is 7.11 Å². The highest BCUT2D eigenvalue weighted by atomic mass is 32.2. The van der Waals surface area contributed by atoms with E-state index in [2.05, 4.69) is 30.3 Å². The third-order valence-corrected chi connectivity index (χ3v) is 4.98. The zero-order chi connectivity index (χ0) is 21.6. The Morgan fingerprint density at radius 3 is 2.45 bits per heavy atom. The number of aryl methyl sites for hydroxylation is 1. The SMILES string of the molecule is CCOc1nc(NC)nc(NC(=O)NS(=O)(=O)c2c(C)cccc2C(=O)OC)n1. The number of carbonyl (C=O) groups is 2. The standard InChI is InChI=1S/C16H20N6O6S/c1-5-28-16-20-13(17-3)18-14(21-16)19-15(24)22-29(25,26)11-9(2)7-6-8-10(11)12(23)27-4/h6-8H,5H2,1-4H3,(H3,17,18,19,20,21,22,24). The average molecular weight is 424 g/mol. The van der Waals surface area contributed by atoms with Gasteiger partial charge >= 0.3 is 18.0 Å². The average Bonchev–Trinajstić information content (AvgIpc) is 2.66. The Hall–Kier alpha value is -3.48. The van der Waals surface area contributed by atoms with E-state index >= 15 is 0 Å². The summed E-state index contributed by atoms with van der Waals surface area (Å²) >= 11 is 0. The van der Waals surface area contributed by atoms with Gasteiger partial charge in [0, 0.05) is 7.05 Å². The van der Waals surface area contributed by atoms with Crippen molar-refractivity contribution in [2.75, 3.05) is 31.4 Å². The molecule has 0 aliphatic rings. The van der Waals surface area contributed by atoms with Gasteiger partial charge in [0.1, 0.15) is 4.90 Å². The van der Waals surface area contributed by atoms with Gasteiger partial charge in [-0.3, -0.25) is 5.32 Å². The van der Waals surface area contributed by atoms with E-state index in [-0.39, 0.29) is 40.5 Å². The number of anilines is 2. The second-order valence-corrected chi connectivity index (χ2v) is 7.07. The van der Waals surface area contributed by atoms with Crippen LogP contribution in [0.25, 0.3) is 0 Å². The minimum Gasteiger partial charge on any atom is -0.465 e. The van der Waals surface area contributed by atoms with Crippen LogP contribution < -0.4 is 20.1 Å². The maximum atomic E-state index is 12.7. The molecule has 0 aliphatic carbocycles. The number of benzene rings is 1. The molecule has 0 unspecified atom stereocenters. The Morgan fingerprint density at radius 2 is 1.83 bits per heavy atom. The molecule has 1 aromatic heterocycles. The fraction of sp³-hybridized carbons (Fsp3) is 0.312. The Kier molecular flexibility index (Phi) is 6.88. The van der Waals surface area contributed by atoms with Crippen LogP contribution in [-0.2, 0) is 14.8 Å². The fourth-order valence-corrected chi connectivity index (χ4v) is 3.63. The van der Waals surface area contributed by atoms with Crippen molar-refractivity contribution in [3.63, 3.8) is 0 Å². The van der Waals surface area contributed by atoms with Crippen molar-refractivity contribution in [3.8, 4) is 6.01 Å². The molecule has 13 heteroatoms. The highest BCUT2D eigenvalue weighted by Crippen LogP contribution is 2.21. The molecule has 1 aromatic carbocycles. The number of methoxy groups -OCH3 is 1. The van der Waals surface area contributed by atoms with E-state index < -0.39 is 22.0 Å². The van der Waals surface area contributed by atoms with E-state index in [1.807, 2.05) is 4.72 Å². The second-order valence-electron chi connectivity index (χ2n) is 5.45. The minimum atomic E-state index is -4.41. The number of nitrogens with zero attached hydrogens (tertiary/aromatic N) is 3. The predicted octanol–water partition coefficient (Wildman–Crippen LogP) is 0.917. The molecular weight excluding hydrogens is 404 g/mol. The molecule has 0 saturated heterocycles. The van der Waals surface area contributed by atoms with Crippen molar-refractivity contribution >= 4 is 33.9 Å². The number of hydrogen-bond acceptors (Lipinski definition) is 10. The summed E-state index contributed by atoms with van der Waals surface area (Å²) in [6, 6.07) is 3.07. The number of esters is 1. The van der Waals surface area contributed by atoms with Gasteiger partial charge in [0.2, 0.25) is 11.9 Å². The molecule has 0 radical (unpaired) electrons. The zero-order valence-corrected chi connectivity index (χ0v) is 17.0. The smallest absolute Gasteiger partial charge is 0.339 e. The lowest BCUT2D eigenvalue weighted by atomic mass is 10.1. The maximum Gasteiger partial charge on any atom is 0.339 e. The predicted molar refractivity (Wildman–Crippen MR) is 102 cm³/mol. The van der Waals surface area contributed by atoms with Crippen molar-refractivity contribution in [2.24, 2.45) is 0 Å². The van der Waals surface area contributed by atoms with Crippen LogP contribution in [0.15, 0.2) is 23.1 Å². The first-order valence-corrected chi connectivity index (χ1v) is 9.78. The van der Waals surface area contributed by atoms with Gasteiger partial charge in [-0.1, -0.05) is 12.1 Å². The summed E-state index contributed by atoms with van der Waals surface area (Å²) in [6.45, 7) is 3.48. The number of hydrogen-bond donors (Lipinski definition) is 3. The third-order valence-electron chi connectivity index (χ3n) is 3.45. The lowest BCUT2D eigenvalue weighted by Crippen LogP contribution is -2.36. The molecule has 2 aromatic rings. The molecule has 0 saturated carbocycles. The van der Waals surface area contributed by atoms with E-state index in [4.69, 9.17) is 4.74 Å². The van der Waals surface area contributed by atoms with Crippen molar-refractivity contribution in [1.29, 1.82) is 0 Å². The fourth-order valence-electron chi connectivity index (χ4n) is 2.30. The summed E-state index contributed by atoms with van der Waals surface area (Å²) in [5.74, 6) is -0.987. The van der Waals surface area contributed by atoms with Crippen molar-refractivity contribution in [3.05, 3.63) is 29.3 Å². The first kappa shape index (κ1) is 21.8. The van der Waals surface area contributed by atoms with Crippen LogP contribution in [0.5, 0.6) is 6.01 Å². The minimum absolute atomic E-state index is 0.0584. The van der Waals surface area contributed by atoms with E-state index in [9.17, 15) is 18.0 Å². The molecule has 2 rings (SSSR count). The van der Waals surface area contributed by atoms with Crippen molar-refractivity contribution in [1.82, 2.24) is 19.7 Å². The van der Waals surface area contributed by atoms with Gasteiger partial charge in [-0.05, 0) is 25.5 Å². The second kappa shape index (κ2) is 9.14. The number of carbonyl (C=O) groups excluding carboxylic acids is 2. The van der Waals surface area contributed by atoms with Crippen LogP contribution in [0, 0.1) is 6.92 Å². The van der Waals surface area contributed by atoms with Crippen molar-refractivity contribution < 1.29 is 27.5 Å². The van der Waals surface area contributed by atoms with E-state index in [1.165, 1.54) is 25.1 Å².